The Labute approximate surface area is 108 Å². The fourth-order valence-corrected chi connectivity index (χ4v) is 1.67. The van der Waals surface area contributed by atoms with Crippen molar-refractivity contribution in [1.82, 2.24) is 5.06 Å². The van der Waals surface area contributed by atoms with Crippen molar-refractivity contribution in [1.29, 1.82) is 0 Å². The Morgan fingerprint density at radius 1 is 1.26 bits per heavy atom. The molecule has 3 amide bonds. The molecule has 1 heterocycles. The summed E-state index contributed by atoms with van der Waals surface area (Å²) in [7, 11) is 0. The van der Waals surface area contributed by atoms with Crippen molar-refractivity contribution < 1.29 is 24.0 Å². The minimum Gasteiger partial charge on any atom is -0.447 e. The number of hydrogen-bond donors (Lipinski definition) is 1. The van der Waals surface area contributed by atoms with Gasteiger partial charge in [0.25, 0.3) is 11.8 Å². The highest BCUT2D eigenvalue weighted by atomic mass is 16.7. The molecule has 0 aliphatic carbocycles. The number of nitrogens with two attached hydrogens (primary N) is 1. The van der Waals surface area contributed by atoms with Gasteiger partial charge >= 0.3 is 6.09 Å². The molecule has 0 aromatic heterocycles. The van der Waals surface area contributed by atoms with Crippen LogP contribution >= 0.6 is 0 Å². The van der Waals surface area contributed by atoms with Gasteiger partial charge in [-0.2, -0.15) is 0 Å². The van der Waals surface area contributed by atoms with Crippen LogP contribution in [0.4, 0.5) is 4.79 Å². The lowest BCUT2D eigenvalue weighted by Crippen LogP contribution is -2.36. The lowest BCUT2D eigenvalue weighted by molar-refractivity contribution is -0.137. The highest BCUT2D eigenvalue weighted by Crippen LogP contribution is 2.23. The van der Waals surface area contributed by atoms with Crippen molar-refractivity contribution in [2.75, 3.05) is 6.61 Å². The van der Waals surface area contributed by atoms with Gasteiger partial charge in [0.2, 0.25) is 0 Å². The summed E-state index contributed by atoms with van der Waals surface area (Å²) in [5.41, 5.74) is 5.38. The van der Waals surface area contributed by atoms with E-state index < -0.39 is 24.0 Å². The molecule has 100 valence electrons. The first kappa shape index (κ1) is 13.0. The Balaban J connectivity index is 2.06. The molecule has 1 aromatic rings. The van der Waals surface area contributed by atoms with Crippen LogP contribution in [0.2, 0.25) is 0 Å². The zero-order valence-corrected chi connectivity index (χ0v) is 10.2. The topological polar surface area (TPSA) is 98.9 Å². The SMILES string of the molecule is C[C@@H](COC(N)=O)ON1C(=O)c2ccccc2C1=O. The molecule has 1 aliphatic rings. The second-order valence-corrected chi connectivity index (χ2v) is 4.00. The Morgan fingerprint density at radius 3 is 2.26 bits per heavy atom. The molecule has 1 aromatic carbocycles. The quantitative estimate of drug-likeness (QED) is 0.807. The average Bonchev–Trinajstić information content (AvgIpc) is 2.62. The second-order valence-electron chi connectivity index (χ2n) is 4.00. The molecule has 0 bridgehead atoms. The highest BCUT2D eigenvalue weighted by molar-refractivity contribution is 6.20. The van der Waals surface area contributed by atoms with Crippen molar-refractivity contribution in [2.24, 2.45) is 5.73 Å². The van der Waals surface area contributed by atoms with Crippen LogP contribution in [0, 0.1) is 0 Å². The molecular formula is C12H12N2O5. The summed E-state index contributed by atoms with van der Waals surface area (Å²) in [5, 5.41) is 0.666. The third kappa shape index (κ3) is 2.55. The molecule has 7 heteroatoms. The second kappa shape index (κ2) is 5.07. The van der Waals surface area contributed by atoms with Gasteiger partial charge in [0, 0.05) is 0 Å². The van der Waals surface area contributed by atoms with Crippen LogP contribution in [0.25, 0.3) is 0 Å². The fourth-order valence-electron chi connectivity index (χ4n) is 1.67. The third-order valence-corrected chi connectivity index (χ3v) is 2.50. The third-order valence-electron chi connectivity index (χ3n) is 2.50. The van der Waals surface area contributed by atoms with Gasteiger partial charge in [-0.3, -0.25) is 14.4 Å². The van der Waals surface area contributed by atoms with E-state index in [2.05, 4.69) is 4.74 Å². The van der Waals surface area contributed by atoms with Crippen LogP contribution in [0.3, 0.4) is 0 Å². The van der Waals surface area contributed by atoms with E-state index >= 15 is 0 Å². The van der Waals surface area contributed by atoms with Crippen LogP contribution in [-0.4, -0.2) is 35.7 Å². The van der Waals surface area contributed by atoms with Gasteiger partial charge in [-0.05, 0) is 19.1 Å². The van der Waals surface area contributed by atoms with Crippen molar-refractivity contribution in [2.45, 2.75) is 13.0 Å². The van der Waals surface area contributed by atoms with Crippen LogP contribution in [0.5, 0.6) is 0 Å². The number of imide groups is 1. The van der Waals surface area contributed by atoms with E-state index in [4.69, 9.17) is 10.6 Å². The molecule has 0 spiro atoms. The van der Waals surface area contributed by atoms with Gasteiger partial charge in [0.05, 0.1) is 11.1 Å². The van der Waals surface area contributed by atoms with Crippen molar-refractivity contribution in [3.8, 4) is 0 Å². The minimum absolute atomic E-state index is 0.150. The molecule has 0 fully saturated rings. The van der Waals surface area contributed by atoms with E-state index in [0.717, 1.165) is 0 Å². The Bertz CT molecular complexity index is 508. The summed E-state index contributed by atoms with van der Waals surface area (Å²) in [6, 6.07) is 6.41. The van der Waals surface area contributed by atoms with Gasteiger partial charge in [0.15, 0.2) is 0 Å². The van der Waals surface area contributed by atoms with Crippen LogP contribution in [0.15, 0.2) is 24.3 Å². The lowest BCUT2D eigenvalue weighted by atomic mass is 10.1. The largest absolute Gasteiger partial charge is 0.447 e. The monoisotopic (exact) mass is 264 g/mol. The fraction of sp³-hybridized carbons (Fsp3) is 0.250. The van der Waals surface area contributed by atoms with Crippen LogP contribution in [-0.2, 0) is 9.57 Å². The summed E-state index contributed by atoms with van der Waals surface area (Å²) < 4.78 is 4.53. The highest BCUT2D eigenvalue weighted by Gasteiger charge is 2.37. The van der Waals surface area contributed by atoms with E-state index in [-0.39, 0.29) is 17.7 Å². The summed E-state index contributed by atoms with van der Waals surface area (Å²) in [5.74, 6) is -1.07. The number of hydroxylamine groups is 2. The van der Waals surface area contributed by atoms with E-state index in [9.17, 15) is 14.4 Å². The number of primary amides is 1. The number of fused-ring (bicyclic) bond motifs is 1. The molecule has 0 radical (unpaired) electrons. The molecule has 7 nitrogen and oxygen atoms in total. The lowest BCUT2D eigenvalue weighted by Gasteiger charge is -2.18. The Kier molecular flexibility index (Phi) is 3.48. The van der Waals surface area contributed by atoms with E-state index in [1.807, 2.05) is 0 Å². The first-order valence-electron chi connectivity index (χ1n) is 5.57. The number of nitrogens with zero attached hydrogens (tertiary/aromatic N) is 1. The van der Waals surface area contributed by atoms with Gasteiger partial charge in [-0.25, -0.2) is 4.79 Å². The van der Waals surface area contributed by atoms with Gasteiger partial charge in [0.1, 0.15) is 12.7 Å². The normalized spacial score (nSPS) is 15.3. The van der Waals surface area contributed by atoms with Crippen LogP contribution in [0.1, 0.15) is 27.6 Å². The standard InChI is InChI=1S/C12H12N2O5/c1-7(6-18-12(13)17)19-14-10(15)8-4-2-3-5-9(8)11(14)16/h2-5,7H,6H2,1H3,(H2,13,17)/t7-/m0/s1. The molecular weight excluding hydrogens is 252 g/mol. The molecule has 19 heavy (non-hydrogen) atoms. The van der Waals surface area contributed by atoms with E-state index in [1.165, 1.54) is 0 Å². The number of benzene rings is 1. The zero-order chi connectivity index (χ0) is 14.0. The molecule has 2 N–H and O–H groups in total. The maximum Gasteiger partial charge on any atom is 0.404 e. The number of amides is 3. The summed E-state index contributed by atoms with van der Waals surface area (Å²) >= 11 is 0. The van der Waals surface area contributed by atoms with E-state index in [0.29, 0.717) is 5.06 Å². The number of carbonyl (C=O) groups excluding carboxylic acids is 3. The number of hydrogen-bond acceptors (Lipinski definition) is 5. The zero-order valence-electron chi connectivity index (χ0n) is 10.2. The molecule has 1 atom stereocenters. The maximum atomic E-state index is 11.9. The molecule has 2 rings (SSSR count). The van der Waals surface area contributed by atoms with E-state index in [1.54, 1.807) is 31.2 Å². The van der Waals surface area contributed by atoms with Crippen molar-refractivity contribution in [3.63, 3.8) is 0 Å². The summed E-state index contributed by atoms with van der Waals surface area (Å²) in [6.45, 7) is 1.40. The number of rotatable bonds is 4. The van der Waals surface area contributed by atoms with Crippen molar-refractivity contribution >= 4 is 17.9 Å². The summed E-state index contributed by atoms with van der Waals surface area (Å²) in [4.78, 5) is 39.5. The number of carbonyl (C=O) groups is 3. The predicted molar refractivity (Wildman–Crippen MR) is 63.0 cm³/mol. The molecule has 1 aliphatic heterocycles. The molecule has 0 saturated heterocycles. The first-order chi connectivity index (χ1) is 9.00. The molecule has 0 unspecified atom stereocenters. The Hall–Kier alpha value is -2.41. The predicted octanol–water partition coefficient (Wildman–Crippen LogP) is 0.698. The first-order valence-corrected chi connectivity index (χ1v) is 5.57. The van der Waals surface area contributed by atoms with Crippen LogP contribution < -0.4 is 5.73 Å². The Morgan fingerprint density at radius 2 is 1.79 bits per heavy atom. The molecule has 0 saturated carbocycles. The van der Waals surface area contributed by atoms with Gasteiger partial charge < -0.3 is 10.5 Å². The number of ether oxygens (including phenoxy) is 1. The van der Waals surface area contributed by atoms with Gasteiger partial charge in [-0.15, -0.1) is 5.06 Å². The maximum absolute atomic E-state index is 11.9. The minimum atomic E-state index is -0.946. The smallest absolute Gasteiger partial charge is 0.404 e. The van der Waals surface area contributed by atoms with Crippen molar-refractivity contribution in [3.05, 3.63) is 35.4 Å². The van der Waals surface area contributed by atoms with Gasteiger partial charge in [-0.1, -0.05) is 12.1 Å². The summed E-state index contributed by atoms with van der Waals surface area (Å²) in [6.07, 6.45) is -1.62. The average molecular weight is 264 g/mol.